The van der Waals surface area contributed by atoms with E-state index in [0.717, 1.165) is 17.8 Å². The number of para-hydroxylation sites is 1. The molecule has 1 amide bonds. The summed E-state index contributed by atoms with van der Waals surface area (Å²) in [5.41, 5.74) is 2.02. The van der Waals surface area contributed by atoms with Crippen molar-refractivity contribution in [2.45, 2.75) is 32.7 Å². The molecule has 3 rings (SSSR count). The van der Waals surface area contributed by atoms with E-state index in [1.165, 1.54) is 0 Å². The standard InChI is InChI=1S/C17H22N6O2/c1-3-18-17(20-10-16-21-11(2)23-25-16)19-9-12-8-15(24)22-14-7-5-4-6-13(12)14/h4-7,12H,3,8-10H2,1-2H3,(H,22,24)(H2,18,19,20). The van der Waals surface area contributed by atoms with Crippen LogP contribution in [-0.4, -0.2) is 35.1 Å². The molecule has 1 aliphatic rings. The van der Waals surface area contributed by atoms with Crippen LogP contribution in [0.5, 0.6) is 0 Å². The van der Waals surface area contributed by atoms with E-state index in [2.05, 4.69) is 31.1 Å². The summed E-state index contributed by atoms with van der Waals surface area (Å²) in [4.78, 5) is 20.5. The predicted molar refractivity (Wildman–Crippen MR) is 94.3 cm³/mol. The molecule has 2 heterocycles. The first-order chi connectivity index (χ1) is 12.2. The van der Waals surface area contributed by atoms with Gasteiger partial charge in [-0.25, -0.2) is 4.99 Å². The van der Waals surface area contributed by atoms with Crippen LogP contribution in [0.1, 0.15) is 36.5 Å². The second-order valence-electron chi connectivity index (χ2n) is 5.85. The quantitative estimate of drug-likeness (QED) is 0.563. The average Bonchev–Trinajstić information content (AvgIpc) is 3.02. The van der Waals surface area contributed by atoms with E-state index in [-0.39, 0.29) is 11.8 Å². The van der Waals surface area contributed by atoms with Crippen LogP contribution in [-0.2, 0) is 11.3 Å². The molecule has 1 unspecified atom stereocenters. The highest BCUT2D eigenvalue weighted by atomic mass is 16.5. The second kappa shape index (κ2) is 7.78. The lowest BCUT2D eigenvalue weighted by atomic mass is 9.90. The van der Waals surface area contributed by atoms with Gasteiger partial charge in [-0.1, -0.05) is 23.4 Å². The number of rotatable bonds is 5. The fourth-order valence-electron chi connectivity index (χ4n) is 2.80. The van der Waals surface area contributed by atoms with Gasteiger partial charge in [-0.3, -0.25) is 4.79 Å². The van der Waals surface area contributed by atoms with E-state index >= 15 is 0 Å². The van der Waals surface area contributed by atoms with E-state index in [0.29, 0.717) is 37.2 Å². The van der Waals surface area contributed by atoms with Crippen molar-refractivity contribution in [1.82, 2.24) is 20.8 Å². The molecule has 3 N–H and O–H groups in total. The molecule has 0 radical (unpaired) electrons. The molecule has 8 heteroatoms. The topological polar surface area (TPSA) is 104 Å². The lowest BCUT2D eigenvalue weighted by Crippen LogP contribution is -2.40. The number of amides is 1. The molecule has 2 aromatic rings. The minimum Gasteiger partial charge on any atom is -0.357 e. The zero-order valence-corrected chi connectivity index (χ0v) is 14.4. The summed E-state index contributed by atoms with van der Waals surface area (Å²) in [5.74, 6) is 1.85. The van der Waals surface area contributed by atoms with Crippen molar-refractivity contribution in [1.29, 1.82) is 0 Å². The monoisotopic (exact) mass is 342 g/mol. The molecule has 132 valence electrons. The number of anilines is 1. The van der Waals surface area contributed by atoms with E-state index in [1.54, 1.807) is 6.92 Å². The lowest BCUT2D eigenvalue weighted by molar-refractivity contribution is -0.116. The van der Waals surface area contributed by atoms with Crippen LogP contribution in [0, 0.1) is 6.92 Å². The maximum absolute atomic E-state index is 11.9. The number of carbonyl (C=O) groups is 1. The smallest absolute Gasteiger partial charge is 0.248 e. The van der Waals surface area contributed by atoms with Crippen molar-refractivity contribution >= 4 is 17.6 Å². The summed E-state index contributed by atoms with van der Waals surface area (Å²) in [6, 6.07) is 7.89. The molecule has 8 nitrogen and oxygen atoms in total. The third-order valence-electron chi connectivity index (χ3n) is 3.91. The molecule has 0 spiro atoms. The van der Waals surface area contributed by atoms with E-state index in [1.807, 2.05) is 31.2 Å². The first-order valence-electron chi connectivity index (χ1n) is 8.36. The summed E-state index contributed by atoms with van der Waals surface area (Å²) < 4.78 is 5.07. The van der Waals surface area contributed by atoms with Gasteiger partial charge >= 0.3 is 0 Å². The largest absolute Gasteiger partial charge is 0.357 e. The van der Waals surface area contributed by atoms with Crippen LogP contribution in [0.25, 0.3) is 0 Å². The molecule has 0 saturated heterocycles. The molecule has 0 aliphatic carbocycles. The van der Waals surface area contributed by atoms with E-state index in [4.69, 9.17) is 4.52 Å². The van der Waals surface area contributed by atoms with Crippen molar-refractivity contribution in [2.75, 3.05) is 18.4 Å². The van der Waals surface area contributed by atoms with Gasteiger partial charge in [0.25, 0.3) is 0 Å². The molecule has 1 aromatic carbocycles. The predicted octanol–water partition coefficient (Wildman–Crippen LogP) is 1.56. The maximum Gasteiger partial charge on any atom is 0.248 e. The normalized spacial score (nSPS) is 17.0. The second-order valence-corrected chi connectivity index (χ2v) is 5.85. The first kappa shape index (κ1) is 16.9. The molecule has 25 heavy (non-hydrogen) atoms. The Labute approximate surface area is 146 Å². The van der Waals surface area contributed by atoms with Gasteiger partial charge in [0.2, 0.25) is 11.8 Å². The van der Waals surface area contributed by atoms with Gasteiger partial charge in [0.05, 0.1) is 0 Å². The number of nitrogens with zero attached hydrogens (tertiary/aromatic N) is 3. The average molecular weight is 342 g/mol. The Morgan fingerprint density at radius 3 is 3.00 bits per heavy atom. The summed E-state index contributed by atoms with van der Waals surface area (Å²) in [5, 5.41) is 13.1. The third kappa shape index (κ3) is 4.34. The maximum atomic E-state index is 11.9. The number of benzene rings is 1. The van der Waals surface area contributed by atoms with Crippen molar-refractivity contribution < 1.29 is 9.32 Å². The number of guanidine groups is 1. The number of fused-ring (bicyclic) bond motifs is 1. The van der Waals surface area contributed by atoms with Crippen molar-refractivity contribution in [3.05, 3.63) is 41.5 Å². The van der Waals surface area contributed by atoms with Gasteiger partial charge in [-0.05, 0) is 25.5 Å². The first-order valence-corrected chi connectivity index (χ1v) is 8.36. The Bertz CT molecular complexity index is 770. The number of hydrogen-bond donors (Lipinski definition) is 3. The van der Waals surface area contributed by atoms with Gasteiger partial charge in [0.1, 0.15) is 6.54 Å². The zero-order valence-electron chi connectivity index (χ0n) is 14.4. The molecule has 1 aromatic heterocycles. The van der Waals surface area contributed by atoms with E-state index < -0.39 is 0 Å². The number of nitrogens with one attached hydrogen (secondary N) is 3. The zero-order chi connectivity index (χ0) is 17.6. The number of aromatic nitrogens is 2. The molecule has 0 saturated carbocycles. The lowest BCUT2D eigenvalue weighted by Gasteiger charge is -2.26. The van der Waals surface area contributed by atoms with Gasteiger partial charge < -0.3 is 20.5 Å². The fraction of sp³-hybridized carbons (Fsp3) is 0.412. The van der Waals surface area contributed by atoms with Crippen LogP contribution < -0.4 is 16.0 Å². The van der Waals surface area contributed by atoms with Crippen LogP contribution in [0.15, 0.2) is 33.8 Å². The Balaban J connectivity index is 1.66. The Hall–Kier alpha value is -2.90. The molecular formula is C17H22N6O2. The van der Waals surface area contributed by atoms with Crippen molar-refractivity contribution in [3.8, 4) is 0 Å². The summed E-state index contributed by atoms with van der Waals surface area (Å²) >= 11 is 0. The summed E-state index contributed by atoms with van der Waals surface area (Å²) in [6.07, 6.45) is 0.451. The van der Waals surface area contributed by atoms with Gasteiger partial charge in [0.15, 0.2) is 11.8 Å². The number of aryl methyl sites for hydroxylation is 1. The molecule has 0 bridgehead atoms. The third-order valence-corrected chi connectivity index (χ3v) is 3.91. The van der Waals surface area contributed by atoms with Crippen LogP contribution in [0.4, 0.5) is 5.69 Å². The van der Waals surface area contributed by atoms with Gasteiger partial charge in [-0.2, -0.15) is 4.98 Å². The van der Waals surface area contributed by atoms with Crippen LogP contribution >= 0.6 is 0 Å². The van der Waals surface area contributed by atoms with E-state index in [9.17, 15) is 4.79 Å². The molecule has 1 atom stereocenters. The molecule has 1 aliphatic heterocycles. The fourth-order valence-corrected chi connectivity index (χ4v) is 2.80. The minimum absolute atomic E-state index is 0.0359. The Morgan fingerprint density at radius 1 is 1.40 bits per heavy atom. The minimum atomic E-state index is 0.0359. The Kier molecular flexibility index (Phi) is 5.27. The number of hydrogen-bond acceptors (Lipinski definition) is 5. The van der Waals surface area contributed by atoms with Gasteiger partial charge in [0, 0.05) is 31.1 Å². The van der Waals surface area contributed by atoms with Crippen molar-refractivity contribution in [2.24, 2.45) is 4.99 Å². The Morgan fingerprint density at radius 2 is 2.24 bits per heavy atom. The summed E-state index contributed by atoms with van der Waals surface area (Å²) in [6.45, 7) is 5.41. The number of aliphatic imine (C=N–C) groups is 1. The van der Waals surface area contributed by atoms with Crippen molar-refractivity contribution in [3.63, 3.8) is 0 Å². The highest BCUT2D eigenvalue weighted by Crippen LogP contribution is 2.31. The van der Waals surface area contributed by atoms with Crippen LogP contribution in [0.3, 0.4) is 0 Å². The molecular weight excluding hydrogens is 320 g/mol. The summed E-state index contributed by atoms with van der Waals surface area (Å²) in [7, 11) is 0. The van der Waals surface area contributed by atoms with Crippen LogP contribution in [0.2, 0.25) is 0 Å². The molecule has 0 fully saturated rings. The SMILES string of the molecule is CCNC(=NCc1nc(C)no1)NCC1CC(=O)Nc2ccccc21. The highest BCUT2D eigenvalue weighted by molar-refractivity contribution is 5.94. The number of carbonyl (C=O) groups excluding carboxylic acids is 1. The highest BCUT2D eigenvalue weighted by Gasteiger charge is 2.24. The van der Waals surface area contributed by atoms with Gasteiger partial charge in [-0.15, -0.1) is 0 Å².